The molecule has 6 nitrogen and oxygen atoms in total. The maximum Gasteiger partial charge on any atom is 0.231 e. The highest BCUT2D eigenvalue weighted by molar-refractivity contribution is 7.08. The minimum absolute atomic E-state index is 0.0390. The van der Waals surface area contributed by atoms with Gasteiger partial charge < -0.3 is 14.6 Å². The molecule has 2 aliphatic rings. The molecule has 1 saturated heterocycles. The Morgan fingerprint density at radius 1 is 1.06 bits per heavy atom. The number of aliphatic hydroxyl groups is 1. The number of nitrogens with one attached hydrogen (secondary N) is 1. The summed E-state index contributed by atoms with van der Waals surface area (Å²) < 4.78 is 11.0. The Bertz CT molecular complexity index is 1230. The fourth-order valence-electron chi connectivity index (χ4n) is 4.94. The summed E-state index contributed by atoms with van der Waals surface area (Å²) in [5.74, 6) is 1.51. The molecule has 2 aromatic carbocycles. The molecule has 0 radical (unpaired) electrons. The van der Waals surface area contributed by atoms with Gasteiger partial charge in [-0.15, -0.1) is 0 Å². The average molecular weight is 448 g/mol. The van der Waals surface area contributed by atoms with Crippen molar-refractivity contribution in [2.45, 2.75) is 31.4 Å². The fraction of sp³-hybridized carbons (Fsp3) is 0.320. The summed E-state index contributed by atoms with van der Waals surface area (Å²) in [5.41, 5.74) is 5.16. The Morgan fingerprint density at radius 2 is 1.94 bits per heavy atom. The van der Waals surface area contributed by atoms with Gasteiger partial charge in [0.05, 0.1) is 17.7 Å². The minimum Gasteiger partial charge on any atom is -0.454 e. The lowest BCUT2D eigenvalue weighted by atomic mass is 9.95. The maximum absolute atomic E-state index is 11.3. The van der Waals surface area contributed by atoms with Crippen LogP contribution >= 0.6 is 11.3 Å². The van der Waals surface area contributed by atoms with Crippen molar-refractivity contribution >= 4 is 22.2 Å². The van der Waals surface area contributed by atoms with Crippen LogP contribution in [0.2, 0.25) is 0 Å². The lowest BCUT2D eigenvalue weighted by Gasteiger charge is -2.31. The van der Waals surface area contributed by atoms with E-state index in [0.29, 0.717) is 6.42 Å². The van der Waals surface area contributed by atoms with E-state index in [1.54, 1.807) is 11.3 Å². The van der Waals surface area contributed by atoms with Crippen LogP contribution in [-0.2, 0) is 6.42 Å². The molecule has 0 spiro atoms. The summed E-state index contributed by atoms with van der Waals surface area (Å²) in [4.78, 5) is 2.43. The van der Waals surface area contributed by atoms with Crippen LogP contribution in [-0.4, -0.2) is 46.2 Å². The van der Waals surface area contributed by atoms with E-state index < -0.39 is 6.10 Å². The van der Waals surface area contributed by atoms with Gasteiger partial charge in [-0.25, -0.2) is 0 Å². The van der Waals surface area contributed by atoms with E-state index in [4.69, 9.17) is 9.47 Å². The van der Waals surface area contributed by atoms with Crippen molar-refractivity contribution in [3.63, 3.8) is 0 Å². The van der Waals surface area contributed by atoms with E-state index in [0.717, 1.165) is 52.3 Å². The molecule has 1 fully saturated rings. The Hall–Kier alpha value is -2.87. The van der Waals surface area contributed by atoms with Gasteiger partial charge in [0.15, 0.2) is 11.5 Å². The molecule has 0 amide bonds. The summed E-state index contributed by atoms with van der Waals surface area (Å²) in [6.07, 6.45) is 2.53. The number of nitrogens with zero attached hydrogens (tertiary/aromatic N) is 2. The third-order valence-corrected chi connectivity index (χ3v) is 7.20. The number of hydrogen-bond acceptors (Lipinski definition) is 6. The molecule has 32 heavy (non-hydrogen) atoms. The lowest BCUT2D eigenvalue weighted by Crippen LogP contribution is -2.35. The first-order chi connectivity index (χ1) is 15.8. The number of H-pyrrole nitrogens is 1. The van der Waals surface area contributed by atoms with Gasteiger partial charge in [-0.1, -0.05) is 6.07 Å². The smallest absolute Gasteiger partial charge is 0.231 e. The van der Waals surface area contributed by atoms with E-state index in [-0.39, 0.29) is 12.8 Å². The highest BCUT2D eigenvalue weighted by Gasteiger charge is 2.30. The van der Waals surface area contributed by atoms with Gasteiger partial charge in [-0.3, -0.25) is 10.00 Å². The van der Waals surface area contributed by atoms with Gasteiger partial charge >= 0.3 is 0 Å². The largest absolute Gasteiger partial charge is 0.454 e. The first-order valence-electron chi connectivity index (χ1n) is 11.1. The van der Waals surface area contributed by atoms with Crippen LogP contribution in [0.1, 0.15) is 30.0 Å². The van der Waals surface area contributed by atoms with Gasteiger partial charge in [0.2, 0.25) is 6.79 Å². The van der Waals surface area contributed by atoms with Crippen molar-refractivity contribution < 1.29 is 14.6 Å². The Kier molecular flexibility index (Phi) is 5.09. The molecule has 2 atom stereocenters. The molecule has 164 valence electrons. The Morgan fingerprint density at radius 3 is 2.78 bits per heavy atom. The van der Waals surface area contributed by atoms with Crippen molar-refractivity contribution in [2.75, 3.05) is 19.9 Å². The van der Waals surface area contributed by atoms with Crippen LogP contribution in [0.5, 0.6) is 11.5 Å². The van der Waals surface area contributed by atoms with Crippen LogP contribution in [0.25, 0.3) is 22.2 Å². The van der Waals surface area contributed by atoms with E-state index in [1.807, 2.05) is 18.2 Å². The normalized spacial score (nSPS) is 17.8. The van der Waals surface area contributed by atoms with E-state index in [9.17, 15) is 5.11 Å². The second-order valence-electron chi connectivity index (χ2n) is 8.54. The maximum atomic E-state index is 11.3. The van der Waals surface area contributed by atoms with Crippen molar-refractivity contribution in [1.29, 1.82) is 0 Å². The Balaban J connectivity index is 1.30. The van der Waals surface area contributed by atoms with Gasteiger partial charge in [-0.05, 0) is 84.2 Å². The number of hydrogen-bond donors (Lipinski definition) is 2. The second-order valence-corrected chi connectivity index (χ2v) is 9.32. The summed E-state index contributed by atoms with van der Waals surface area (Å²) >= 11 is 1.69. The van der Waals surface area contributed by atoms with Crippen LogP contribution in [0.4, 0.5) is 0 Å². The SMILES string of the molecule is OC(Cc1ccc2[nH]nc(-c3ccc4c(c3)OCO4)c2c1)C(c1ccsc1)N1CCCC1. The highest BCUT2D eigenvalue weighted by atomic mass is 32.1. The highest BCUT2D eigenvalue weighted by Crippen LogP contribution is 2.38. The van der Waals surface area contributed by atoms with E-state index in [1.165, 1.54) is 18.4 Å². The monoisotopic (exact) mass is 447 g/mol. The quantitative estimate of drug-likeness (QED) is 0.446. The molecular weight excluding hydrogens is 422 g/mol. The number of thiophene rings is 1. The molecule has 2 unspecified atom stereocenters. The zero-order valence-corrected chi connectivity index (χ0v) is 18.5. The molecule has 6 rings (SSSR count). The van der Waals surface area contributed by atoms with Gasteiger partial charge in [0.25, 0.3) is 0 Å². The van der Waals surface area contributed by atoms with Crippen molar-refractivity contribution in [2.24, 2.45) is 0 Å². The summed E-state index contributed by atoms with van der Waals surface area (Å²) in [6.45, 7) is 2.35. The van der Waals surface area contributed by atoms with Crippen molar-refractivity contribution in [1.82, 2.24) is 15.1 Å². The average Bonchev–Trinajstić information content (AvgIpc) is 3.60. The predicted octanol–water partition coefficient (Wildman–Crippen LogP) is 4.76. The lowest BCUT2D eigenvalue weighted by molar-refractivity contribution is 0.0618. The topological polar surface area (TPSA) is 70.6 Å². The number of likely N-dealkylation sites (tertiary alicyclic amines) is 1. The molecule has 2 aromatic heterocycles. The Labute approximate surface area is 190 Å². The molecular formula is C25H25N3O3S. The predicted molar refractivity (Wildman–Crippen MR) is 125 cm³/mol. The number of aliphatic hydroxyl groups excluding tert-OH is 1. The molecule has 0 aliphatic carbocycles. The van der Waals surface area contributed by atoms with Crippen LogP contribution in [0, 0.1) is 0 Å². The van der Waals surface area contributed by atoms with Gasteiger partial charge in [0, 0.05) is 17.4 Å². The van der Waals surface area contributed by atoms with Crippen LogP contribution in [0.3, 0.4) is 0 Å². The number of ether oxygens (including phenoxy) is 2. The van der Waals surface area contributed by atoms with Crippen LogP contribution < -0.4 is 9.47 Å². The third-order valence-electron chi connectivity index (χ3n) is 6.50. The van der Waals surface area contributed by atoms with Crippen LogP contribution in [0.15, 0.2) is 53.2 Å². The molecule has 0 bridgehead atoms. The van der Waals surface area contributed by atoms with Gasteiger partial charge in [0.1, 0.15) is 5.69 Å². The standard InChI is InChI=1S/C25H25N3O3S/c29-21(25(18-7-10-32-14-18)28-8-1-2-9-28)12-16-3-5-20-19(11-16)24(27-26-20)17-4-6-22-23(13-17)31-15-30-22/h3-7,10-11,13-14,21,25,29H,1-2,8-9,12,15H2,(H,26,27). The van der Waals surface area contributed by atoms with Crippen molar-refractivity contribution in [3.05, 3.63) is 64.4 Å². The van der Waals surface area contributed by atoms with E-state index in [2.05, 4.69) is 50.1 Å². The number of fused-ring (bicyclic) bond motifs is 2. The molecule has 4 aromatic rings. The zero-order valence-electron chi connectivity index (χ0n) is 17.7. The second kappa shape index (κ2) is 8.24. The number of benzene rings is 2. The van der Waals surface area contributed by atoms with Crippen molar-refractivity contribution in [3.8, 4) is 22.8 Å². The number of rotatable bonds is 6. The fourth-order valence-corrected chi connectivity index (χ4v) is 5.63. The first kappa shape index (κ1) is 19.8. The molecule has 4 heterocycles. The number of aromatic nitrogens is 2. The minimum atomic E-state index is -0.471. The summed E-state index contributed by atoms with van der Waals surface area (Å²) in [5, 5.41) is 24.3. The number of aromatic amines is 1. The molecule has 2 N–H and O–H groups in total. The summed E-state index contributed by atoms with van der Waals surface area (Å²) in [6, 6.07) is 14.4. The zero-order chi connectivity index (χ0) is 21.5. The molecule has 2 aliphatic heterocycles. The molecule has 7 heteroatoms. The summed E-state index contributed by atoms with van der Waals surface area (Å²) in [7, 11) is 0. The van der Waals surface area contributed by atoms with E-state index >= 15 is 0 Å². The first-order valence-corrected chi connectivity index (χ1v) is 12.0. The van der Waals surface area contributed by atoms with Gasteiger partial charge in [-0.2, -0.15) is 16.4 Å². The third kappa shape index (κ3) is 3.56. The molecule has 0 saturated carbocycles.